The summed E-state index contributed by atoms with van der Waals surface area (Å²) >= 11 is 0. The van der Waals surface area contributed by atoms with Gasteiger partial charge in [-0.05, 0) is 27.7 Å². The van der Waals surface area contributed by atoms with Crippen molar-refractivity contribution in [2.24, 2.45) is 0 Å². The van der Waals surface area contributed by atoms with Crippen LogP contribution >= 0.6 is 8.25 Å². The van der Waals surface area contributed by atoms with Crippen molar-refractivity contribution in [2.45, 2.75) is 51.2 Å². The Labute approximate surface area is 106 Å². The van der Waals surface area contributed by atoms with Crippen LogP contribution in [-0.4, -0.2) is 47.0 Å². The molecular weight excluding hydrogens is 269 g/mol. The molecule has 0 amide bonds. The molecule has 0 aliphatic carbocycles. The van der Waals surface area contributed by atoms with Crippen molar-refractivity contribution >= 4 is 8.25 Å². The quantitative estimate of drug-likeness (QED) is 0.664. The number of aliphatic hydroxyl groups is 2. The van der Waals surface area contributed by atoms with E-state index in [-0.39, 0.29) is 0 Å². The third-order valence-corrected chi connectivity index (χ3v) is 3.11. The second kappa shape index (κ2) is 6.91. The standard InChI is InChI=1S/C10H21F2O5P/c1-9(2,11)7(13)5-16-18(15)17-6-8(14)10(3,4)12/h7-8,13-14,18H,5-6H2,1-4H3. The summed E-state index contributed by atoms with van der Waals surface area (Å²) in [4.78, 5) is 0. The molecule has 110 valence electrons. The molecule has 5 nitrogen and oxygen atoms in total. The average Bonchev–Trinajstić information content (AvgIpc) is 2.19. The highest BCUT2D eigenvalue weighted by atomic mass is 31.1. The Bertz CT molecular complexity index is 248. The number of hydrogen-bond acceptors (Lipinski definition) is 5. The number of alkyl halides is 2. The van der Waals surface area contributed by atoms with Crippen molar-refractivity contribution in [3.8, 4) is 0 Å². The van der Waals surface area contributed by atoms with E-state index in [0.29, 0.717) is 0 Å². The van der Waals surface area contributed by atoms with Crippen LogP contribution in [0.4, 0.5) is 8.78 Å². The molecule has 0 aliphatic rings. The molecule has 18 heavy (non-hydrogen) atoms. The van der Waals surface area contributed by atoms with Gasteiger partial charge in [0.05, 0.1) is 13.2 Å². The van der Waals surface area contributed by atoms with Crippen LogP contribution in [0, 0.1) is 0 Å². The van der Waals surface area contributed by atoms with Crippen molar-refractivity contribution < 1.29 is 32.6 Å². The summed E-state index contributed by atoms with van der Waals surface area (Å²) in [7, 11) is -3.00. The fourth-order valence-electron chi connectivity index (χ4n) is 0.732. The van der Waals surface area contributed by atoms with Gasteiger partial charge in [0.1, 0.15) is 23.5 Å². The van der Waals surface area contributed by atoms with Gasteiger partial charge < -0.3 is 19.3 Å². The molecule has 2 N–H and O–H groups in total. The predicted molar refractivity (Wildman–Crippen MR) is 63.3 cm³/mol. The van der Waals surface area contributed by atoms with Crippen LogP contribution in [0.25, 0.3) is 0 Å². The molecule has 0 fully saturated rings. The number of hydrogen-bond donors (Lipinski definition) is 2. The van der Waals surface area contributed by atoms with Crippen LogP contribution < -0.4 is 0 Å². The zero-order valence-corrected chi connectivity index (χ0v) is 11.9. The van der Waals surface area contributed by atoms with E-state index in [9.17, 15) is 23.6 Å². The maximum absolute atomic E-state index is 13.2. The molecule has 0 saturated heterocycles. The lowest BCUT2D eigenvalue weighted by Gasteiger charge is -2.23. The Hall–Kier alpha value is -0.0700. The molecule has 2 unspecified atom stereocenters. The molecule has 0 spiro atoms. The van der Waals surface area contributed by atoms with Gasteiger partial charge in [0, 0.05) is 0 Å². The summed E-state index contributed by atoms with van der Waals surface area (Å²) in [6, 6.07) is 0. The van der Waals surface area contributed by atoms with E-state index in [0.717, 1.165) is 27.7 Å². The van der Waals surface area contributed by atoms with Crippen LogP contribution in [0.5, 0.6) is 0 Å². The van der Waals surface area contributed by atoms with Crippen LogP contribution in [-0.2, 0) is 13.6 Å². The van der Waals surface area contributed by atoms with E-state index < -0.39 is 45.0 Å². The molecule has 0 rings (SSSR count). The normalized spacial score (nSPS) is 18.4. The van der Waals surface area contributed by atoms with Gasteiger partial charge in [0.25, 0.3) is 0 Å². The van der Waals surface area contributed by atoms with E-state index in [1.54, 1.807) is 0 Å². The molecule has 0 aromatic carbocycles. The highest BCUT2D eigenvalue weighted by Crippen LogP contribution is 2.27. The van der Waals surface area contributed by atoms with Crippen LogP contribution in [0.2, 0.25) is 0 Å². The fourth-order valence-corrected chi connectivity index (χ4v) is 1.40. The first-order chi connectivity index (χ1) is 7.94. The largest absolute Gasteiger partial charge is 0.387 e. The van der Waals surface area contributed by atoms with E-state index in [1.165, 1.54) is 0 Å². The summed E-state index contributed by atoms with van der Waals surface area (Å²) in [5, 5.41) is 18.5. The monoisotopic (exact) mass is 290 g/mol. The third kappa shape index (κ3) is 7.38. The van der Waals surface area contributed by atoms with E-state index in [2.05, 4.69) is 9.05 Å². The summed E-state index contributed by atoms with van der Waals surface area (Å²) in [6.45, 7) is 3.58. The lowest BCUT2D eigenvalue weighted by molar-refractivity contribution is -0.0254. The Kier molecular flexibility index (Phi) is 6.89. The first-order valence-corrected chi connectivity index (χ1v) is 6.70. The fraction of sp³-hybridized carbons (Fsp3) is 1.00. The van der Waals surface area contributed by atoms with Gasteiger partial charge in [-0.1, -0.05) is 0 Å². The molecule has 0 aromatic rings. The Morgan fingerprint density at radius 3 is 1.50 bits per heavy atom. The first kappa shape index (κ1) is 17.9. The SMILES string of the molecule is CC(C)(F)C(O)CO[PH](=O)OCC(O)C(C)(C)F. The van der Waals surface area contributed by atoms with E-state index in [4.69, 9.17) is 0 Å². The topological polar surface area (TPSA) is 76.0 Å². The first-order valence-electron chi connectivity index (χ1n) is 5.48. The molecule has 0 saturated carbocycles. The molecule has 8 heteroatoms. The Morgan fingerprint density at radius 2 is 1.28 bits per heavy atom. The zero-order valence-electron chi connectivity index (χ0n) is 10.9. The van der Waals surface area contributed by atoms with Gasteiger partial charge in [-0.15, -0.1) is 0 Å². The molecule has 0 aromatic heterocycles. The minimum atomic E-state index is -3.00. The van der Waals surface area contributed by atoms with E-state index >= 15 is 0 Å². The number of halogens is 2. The van der Waals surface area contributed by atoms with E-state index in [1.807, 2.05) is 0 Å². The molecule has 0 radical (unpaired) electrons. The van der Waals surface area contributed by atoms with Crippen molar-refractivity contribution in [1.29, 1.82) is 0 Å². The maximum Gasteiger partial charge on any atom is 0.319 e. The lowest BCUT2D eigenvalue weighted by atomic mass is 10.1. The maximum atomic E-state index is 13.2. The lowest BCUT2D eigenvalue weighted by Crippen LogP contribution is -2.35. The van der Waals surface area contributed by atoms with Crippen molar-refractivity contribution in [3.05, 3.63) is 0 Å². The molecule has 0 aliphatic heterocycles. The summed E-state index contributed by atoms with van der Waals surface area (Å²) in [5.41, 5.74) is -3.77. The van der Waals surface area contributed by atoms with Crippen LogP contribution in [0.1, 0.15) is 27.7 Å². The smallest absolute Gasteiger partial charge is 0.319 e. The van der Waals surface area contributed by atoms with Crippen molar-refractivity contribution in [1.82, 2.24) is 0 Å². The Morgan fingerprint density at radius 1 is 1.00 bits per heavy atom. The number of aliphatic hydroxyl groups excluding tert-OH is 2. The predicted octanol–water partition coefficient (Wildman–Crippen LogP) is 1.63. The van der Waals surface area contributed by atoms with Gasteiger partial charge in [-0.25, -0.2) is 8.78 Å². The molecular formula is C10H21F2O5P. The van der Waals surface area contributed by atoms with Crippen molar-refractivity contribution in [2.75, 3.05) is 13.2 Å². The van der Waals surface area contributed by atoms with Crippen LogP contribution in [0.3, 0.4) is 0 Å². The second-order valence-electron chi connectivity index (χ2n) is 5.03. The van der Waals surface area contributed by atoms with Gasteiger partial charge in [-0.2, -0.15) is 0 Å². The van der Waals surface area contributed by atoms with Crippen molar-refractivity contribution in [3.63, 3.8) is 0 Å². The summed E-state index contributed by atoms with van der Waals surface area (Å²) in [5.74, 6) is 0. The molecule has 2 atom stereocenters. The average molecular weight is 290 g/mol. The Balaban J connectivity index is 3.94. The second-order valence-corrected chi connectivity index (χ2v) is 6.11. The summed E-state index contributed by atoms with van der Waals surface area (Å²) < 4.78 is 46.7. The number of rotatable bonds is 8. The van der Waals surface area contributed by atoms with Gasteiger partial charge in [0.2, 0.25) is 0 Å². The van der Waals surface area contributed by atoms with Gasteiger partial charge in [0.15, 0.2) is 0 Å². The summed E-state index contributed by atoms with van der Waals surface area (Å²) in [6.07, 6.45) is -2.89. The third-order valence-electron chi connectivity index (χ3n) is 2.30. The van der Waals surface area contributed by atoms with Crippen LogP contribution in [0.15, 0.2) is 0 Å². The van der Waals surface area contributed by atoms with Gasteiger partial charge >= 0.3 is 8.25 Å². The highest BCUT2D eigenvalue weighted by molar-refractivity contribution is 7.33. The molecule has 0 bridgehead atoms. The zero-order chi connectivity index (χ0) is 14.6. The van der Waals surface area contributed by atoms with Gasteiger partial charge in [-0.3, -0.25) is 4.57 Å². The highest BCUT2D eigenvalue weighted by Gasteiger charge is 2.29. The molecule has 0 heterocycles. The minimum absolute atomic E-state index is 0.504. The minimum Gasteiger partial charge on any atom is -0.387 e.